The van der Waals surface area contributed by atoms with Gasteiger partial charge in [-0.2, -0.15) is 0 Å². The van der Waals surface area contributed by atoms with Gasteiger partial charge in [0.15, 0.2) is 11.5 Å². The van der Waals surface area contributed by atoms with Crippen molar-refractivity contribution >= 4 is 17.3 Å². The van der Waals surface area contributed by atoms with Crippen LogP contribution < -0.4 is 4.74 Å². The van der Waals surface area contributed by atoms with Crippen LogP contribution in [0.3, 0.4) is 0 Å². The average Bonchev–Trinajstić information content (AvgIpc) is 2.65. The van der Waals surface area contributed by atoms with Gasteiger partial charge in [-0.05, 0) is 38.1 Å². The third kappa shape index (κ3) is 2.18. The fourth-order valence-electron chi connectivity index (χ4n) is 5.16. The number of piperidine rings is 1. The molecule has 6 nitrogen and oxygen atoms in total. The molecule has 2 N–H and O–H groups in total. The van der Waals surface area contributed by atoms with E-state index in [0.717, 1.165) is 30.5 Å². The Labute approximate surface area is 157 Å². The number of phenolic OH excluding ortho intramolecular Hbond substituents is 1. The van der Waals surface area contributed by atoms with Crippen LogP contribution >= 0.6 is 11.6 Å². The molecule has 1 aromatic carbocycles. The molecule has 0 radical (unpaired) electrons. The van der Waals surface area contributed by atoms with E-state index in [2.05, 4.69) is 23.2 Å². The van der Waals surface area contributed by atoms with Gasteiger partial charge in [0, 0.05) is 40.4 Å². The van der Waals surface area contributed by atoms with Gasteiger partial charge in [-0.3, -0.25) is 0 Å². The van der Waals surface area contributed by atoms with E-state index in [1.807, 2.05) is 0 Å². The van der Waals surface area contributed by atoms with Gasteiger partial charge in [0.05, 0.1) is 14.2 Å². The number of hydrogen-bond donors (Lipinski definition) is 2. The van der Waals surface area contributed by atoms with E-state index >= 15 is 0 Å². The zero-order valence-electron chi connectivity index (χ0n) is 15.1. The number of methoxy groups -OCH3 is 2. The monoisotopic (exact) mass is 378 g/mol. The van der Waals surface area contributed by atoms with Crippen LogP contribution in [0.5, 0.6) is 11.5 Å². The molecule has 1 aliphatic heterocycles. The van der Waals surface area contributed by atoms with Crippen molar-refractivity contribution in [1.82, 2.24) is 4.90 Å². The van der Waals surface area contributed by atoms with Crippen molar-refractivity contribution in [2.75, 3.05) is 27.8 Å². The summed E-state index contributed by atoms with van der Waals surface area (Å²) < 4.78 is 10.8. The number of likely N-dealkylation sites (N-methyl/N-ethyl adjacent to an activating group) is 1. The third-order valence-corrected chi connectivity index (χ3v) is 6.75. The highest BCUT2D eigenvalue weighted by atomic mass is 35.5. The highest BCUT2D eigenvalue weighted by Gasteiger charge is 2.56. The van der Waals surface area contributed by atoms with Crippen LogP contribution in [0.4, 0.5) is 0 Å². The Hall–Kier alpha value is -1.92. The minimum Gasteiger partial charge on any atom is -0.504 e. The van der Waals surface area contributed by atoms with Gasteiger partial charge in [-0.25, -0.2) is 0 Å². The average molecular weight is 379 g/mol. The smallest absolute Gasteiger partial charge is 0.162 e. The first kappa shape index (κ1) is 17.5. The lowest BCUT2D eigenvalue weighted by atomic mass is 9.53. The lowest BCUT2D eigenvalue weighted by molar-refractivity contribution is 0.0520. The maximum Gasteiger partial charge on any atom is 0.162 e. The highest BCUT2D eigenvalue weighted by molar-refractivity contribution is 6.31. The summed E-state index contributed by atoms with van der Waals surface area (Å²) in [5, 5.41) is 24.6. The lowest BCUT2D eigenvalue weighted by Gasteiger charge is -2.57. The van der Waals surface area contributed by atoms with Crippen LogP contribution in [-0.4, -0.2) is 54.8 Å². The summed E-state index contributed by atoms with van der Waals surface area (Å²) in [6.07, 6.45) is 4.10. The van der Waals surface area contributed by atoms with Crippen LogP contribution in [0.2, 0.25) is 5.02 Å². The van der Waals surface area contributed by atoms with Gasteiger partial charge in [-0.15, -0.1) is 0 Å². The number of allylic oxidation sites excluding steroid dienone is 1. The number of fused-ring (bicyclic) bond motifs is 1. The van der Waals surface area contributed by atoms with Crippen molar-refractivity contribution in [3.63, 3.8) is 0 Å². The largest absolute Gasteiger partial charge is 0.504 e. The van der Waals surface area contributed by atoms with Crippen LogP contribution in [0.1, 0.15) is 24.0 Å². The van der Waals surface area contributed by atoms with Gasteiger partial charge in [0.1, 0.15) is 11.5 Å². The van der Waals surface area contributed by atoms with E-state index in [0.29, 0.717) is 28.7 Å². The summed E-state index contributed by atoms with van der Waals surface area (Å²) in [5.74, 6) is 1.25. The van der Waals surface area contributed by atoms with Crippen molar-refractivity contribution in [3.8, 4) is 11.5 Å². The number of rotatable bonds is 2. The third-order valence-electron chi connectivity index (χ3n) is 6.42. The highest BCUT2D eigenvalue weighted by Crippen LogP contribution is 2.59. The van der Waals surface area contributed by atoms with Crippen molar-refractivity contribution < 1.29 is 19.8 Å². The molecule has 0 saturated carbocycles. The Bertz CT molecular complexity index is 822. The maximum absolute atomic E-state index is 11.0. The summed E-state index contributed by atoms with van der Waals surface area (Å²) in [6, 6.07) is 1.93. The zero-order valence-corrected chi connectivity index (χ0v) is 15.9. The molecule has 0 unspecified atom stereocenters. The minimum absolute atomic E-state index is 0.128. The second-order valence-electron chi connectivity index (χ2n) is 7.41. The summed E-state index contributed by atoms with van der Waals surface area (Å²) in [7, 11) is 5.23. The second kappa shape index (κ2) is 6.06. The van der Waals surface area contributed by atoms with E-state index in [9.17, 15) is 10.3 Å². The summed E-state index contributed by atoms with van der Waals surface area (Å²) >= 11 is 6.58. The summed E-state index contributed by atoms with van der Waals surface area (Å²) in [6.45, 7) is 0.893. The van der Waals surface area contributed by atoms with E-state index in [1.165, 1.54) is 7.11 Å². The Kier molecular flexibility index (Phi) is 4.08. The molecular formula is C19H23ClN2O4. The molecule has 2 bridgehead atoms. The standard InChI is InChI=1S/C19H23ClN2O4/c1-22-5-4-19-9-13(21-24)15(25-2)7-11(19)14(22)6-10-12(20)8-16(26-3)18(23)17(10)19/h7-8,11,14,23-24H,4-6,9H2,1-3H3/t11-,14+,19-/m0/s1. The molecule has 1 aromatic rings. The fourth-order valence-corrected chi connectivity index (χ4v) is 5.43. The molecule has 3 atom stereocenters. The van der Waals surface area contributed by atoms with Gasteiger partial charge in [0.25, 0.3) is 0 Å². The molecule has 1 fully saturated rings. The molecule has 7 heteroatoms. The van der Waals surface area contributed by atoms with Crippen LogP contribution in [0.25, 0.3) is 0 Å². The minimum atomic E-state index is -0.392. The summed E-state index contributed by atoms with van der Waals surface area (Å²) in [5.41, 5.74) is 1.91. The molecule has 3 aliphatic rings. The van der Waals surface area contributed by atoms with E-state index in [-0.39, 0.29) is 17.7 Å². The van der Waals surface area contributed by atoms with Crippen molar-refractivity contribution in [2.24, 2.45) is 11.1 Å². The Morgan fingerprint density at radius 3 is 2.77 bits per heavy atom. The molecular weight excluding hydrogens is 356 g/mol. The number of likely N-dealkylation sites (tertiary alicyclic amines) is 1. The number of oxime groups is 1. The molecule has 2 aliphatic carbocycles. The second-order valence-corrected chi connectivity index (χ2v) is 7.81. The summed E-state index contributed by atoms with van der Waals surface area (Å²) in [4.78, 5) is 2.34. The SMILES string of the molecule is COC1=C[C@H]2[C@H]3Cc4c(Cl)cc(OC)c(O)c4[C@@]2(CCN3C)CC1=NO. The molecule has 140 valence electrons. The fraction of sp³-hybridized carbons (Fsp3) is 0.526. The van der Waals surface area contributed by atoms with Crippen molar-refractivity contribution in [1.29, 1.82) is 0 Å². The zero-order chi connectivity index (χ0) is 18.6. The van der Waals surface area contributed by atoms with Gasteiger partial charge in [0.2, 0.25) is 0 Å². The molecule has 1 heterocycles. The lowest BCUT2D eigenvalue weighted by Crippen LogP contribution is -2.60. The van der Waals surface area contributed by atoms with Gasteiger partial charge < -0.3 is 24.7 Å². The maximum atomic E-state index is 11.0. The number of benzene rings is 1. The normalized spacial score (nSPS) is 31.8. The van der Waals surface area contributed by atoms with E-state index < -0.39 is 5.41 Å². The number of hydrogen-bond acceptors (Lipinski definition) is 6. The van der Waals surface area contributed by atoms with Crippen molar-refractivity contribution in [2.45, 2.75) is 30.7 Å². The van der Waals surface area contributed by atoms with E-state index in [1.54, 1.807) is 13.2 Å². The number of nitrogens with zero attached hydrogens (tertiary/aromatic N) is 2. The Morgan fingerprint density at radius 1 is 1.35 bits per heavy atom. The first-order valence-electron chi connectivity index (χ1n) is 8.73. The van der Waals surface area contributed by atoms with Gasteiger partial charge in [-0.1, -0.05) is 16.8 Å². The van der Waals surface area contributed by atoms with E-state index in [4.69, 9.17) is 21.1 Å². The first-order chi connectivity index (χ1) is 12.5. The van der Waals surface area contributed by atoms with Crippen LogP contribution in [0, 0.1) is 5.92 Å². The predicted molar refractivity (Wildman–Crippen MR) is 98.5 cm³/mol. The molecule has 0 spiro atoms. The predicted octanol–water partition coefficient (Wildman–Crippen LogP) is 2.93. The van der Waals surface area contributed by atoms with Gasteiger partial charge >= 0.3 is 0 Å². The first-order valence-corrected chi connectivity index (χ1v) is 9.10. The van der Waals surface area contributed by atoms with Crippen LogP contribution in [0.15, 0.2) is 23.1 Å². The molecule has 1 saturated heterocycles. The Balaban J connectivity index is 2.02. The van der Waals surface area contributed by atoms with Crippen LogP contribution in [-0.2, 0) is 16.6 Å². The Morgan fingerprint density at radius 2 is 2.12 bits per heavy atom. The quantitative estimate of drug-likeness (QED) is 0.611. The molecule has 4 rings (SSSR count). The number of halogens is 1. The topological polar surface area (TPSA) is 74.5 Å². The van der Waals surface area contributed by atoms with Crippen molar-refractivity contribution in [3.05, 3.63) is 34.1 Å². The number of ether oxygens (including phenoxy) is 2. The number of phenols is 1. The number of aromatic hydroxyl groups is 1. The molecule has 0 amide bonds. The molecule has 0 aromatic heterocycles. The molecule has 26 heavy (non-hydrogen) atoms.